The van der Waals surface area contributed by atoms with Crippen molar-refractivity contribution in [3.63, 3.8) is 0 Å². The van der Waals surface area contributed by atoms with Gasteiger partial charge in [-0.1, -0.05) is 32.9 Å². The van der Waals surface area contributed by atoms with Crippen molar-refractivity contribution in [2.45, 2.75) is 40.0 Å². The summed E-state index contributed by atoms with van der Waals surface area (Å²) in [6.45, 7) is 11.2. The minimum atomic E-state index is 0.612. The van der Waals surface area contributed by atoms with Crippen LogP contribution in [0.5, 0.6) is 0 Å². The SMILES string of the molecule is C=C1C(C)C2(CC)CC12CC. The molecule has 0 nitrogen and oxygen atoms in total. The van der Waals surface area contributed by atoms with Crippen LogP contribution in [0.4, 0.5) is 0 Å². The zero-order chi connectivity index (χ0) is 8.28. The smallest absolute Gasteiger partial charge is 0.00225 e. The lowest BCUT2D eigenvalue weighted by molar-refractivity contribution is 0.172. The lowest BCUT2D eigenvalue weighted by atomic mass is 9.60. The number of rotatable bonds is 2. The molecule has 0 bridgehead atoms. The van der Waals surface area contributed by atoms with Gasteiger partial charge in [0.1, 0.15) is 0 Å². The molecule has 0 aromatic heterocycles. The van der Waals surface area contributed by atoms with Crippen LogP contribution in [0.2, 0.25) is 0 Å². The van der Waals surface area contributed by atoms with Gasteiger partial charge in [-0.15, -0.1) is 0 Å². The fraction of sp³-hybridized carbons (Fsp3) is 0.818. The lowest BCUT2D eigenvalue weighted by Gasteiger charge is -2.44. The van der Waals surface area contributed by atoms with Gasteiger partial charge in [-0.05, 0) is 36.0 Å². The molecule has 0 heteroatoms. The maximum absolute atomic E-state index is 4.20. The maximum atomic E-state index is 4.20. The molecule has 0 N–H and O–H groups in total. The van der Waals surface area contributed by atoms with Crippen molar-refractivity contribution in [1.82, 2.24) is 0 Å². The normalized spacial score (nSPS) is 53.4. The largest absolute Gasteiger partial charge is 0.0990 e. The van der Waals surface area contributed by atoms with Crippen molar-refractivity contribution in [2.75, 3.05) is 0 Å². The Labute approximate surface area is 69.7 Å². The van der Waals surface area contributed by atoms with Crippen LogP contribution < -0.4 is 0 Å². The standard InChI is InChI=1S/C11H18/c1-5-10-7-11(10,6-2)9(4)8(10)3/h9H,3,5-7H2,1-2,4H3. The fourth-order valence-electron chi connectivity index (χ4n) is 3.64. The van der Waals surface area contributed by atoms with Crippen LogP contribution in [0.25, 0.3) is 0 Å². The predicted molar refractivity (Wildman–Crippen MR) is 48.4 cm³/mol. The molecular formula is C11H18. The molecule has 0 saturated heterocycles. The predicted octanol–water partition coefficient (Wildman–Crippen LogP) is 3.39. The minimum absolute atomic E-state index is 0.612. The van der Waals surface area contributed by atoms with Gasteiger partial charge in [0, 0.05) is 0 Å². The van der Waals surface area contributed by atoms with Crippen molar-refractivity contribution in [2.24, 2.45) is 16.7 Å². The molecule has 2 saturated carbocycles. The summed E-state index contributed by atoms with van der Waals surface area (Å²) in [6.07, 6.45) is 4.12. The molecule has 2 aliphatic carbocycles. The van der Waals surface area contributed by atoms with Gasteiger partial charge >= 0.3 is 0 Å². The third kappa shape index (κ3) is 0.483. The van der Waals surface area contributed by atoms with E-state index in [-0.39, 0.29) is 0 Å². The number of fused-ring (bicyclic) bond motifs is 1. The zero-order valence-corrected chi connectivity index (χ0v) is 7.91. The summed E-state index contributed by atoms with van der Waals surface area (Å²) in [4.78, 5) is 0. The molecule has 0 radical (unpaired) electrons. The van der Waals surface area contributed by atoms with Crippen LogP contribution in [-0.4, -0.2) is 0 Å². The van der Waals surface area contributed by atoms with Gasteiger partial charge in [-0.3, -0.25) is 0 Å². The van der Waals surface area contributed by atoms with Gasteiger partial charge < -0.3 is 0 Å². The number of allylic oxidation sites excluding steroid dienone is 1. The molecule has 0 spiro atoms. The van der Waals surface area contributed by atoms with Crippen LogP contribution in [-0.2, 0) is 0 Å². The van der Waals surface area contributed by atoms with Gasteiger partial charge in [0.15, 0.2) is 0 Å². The first-order valence-corrected chi connectivity index (χ1v) is 4.84. The lowest BCUT2D eigenvalue weighted by Crippen LogP contribution is -2.36. The Balaban J connectivity index is 2.26. The summed E-state index contributed by atoms with van der Waals surface area (Å²) in [5.74, 6) is 0.812. The van der Waals surface area contributed by atoms with E-state index in [2.05, 4.69) is 27.4 Å². The van der Waals surface area contributed by atoms with Crippen LogP contribution in [0.15, 0.2) is 12.2 Å². The molecule has 0 aromatic rings. The van der Waals surface area contributed by atoms with Gasteiger partial charge in [0.2, 0.25) is 0 Å². The first kappa shape index (κ1) is 7.39. The molecule has 0 heterocycles. The van der Waals surface area contributed by atoms with Gasteiger partial charge in [-0.2, -0.15) is 0 Å². The van der Waals surface area contributed by atoms with E-state index in [9.17, 15) is 0 Å². The highest BCUT2D eigenvalue weighted by Crippen LogP contribution is 2.85. The third-order valence-corrected chi connectivity index (χ3v) is 4.65. The number of hydrogen-bond acceptors (Lipinski definition) is 0. The van der Waals surface area contributed by atoms with Crippen molar-refractivity contribution < 1.29 is 0 Å². The molecule has 2 rings (SSSR count). The van der Waals surface area contributed by atoms with E-state index < -0.39 is 0 Å². The second kappa shape index (κ2) is 1.73. The summed E-state index contributed by atoms with van der Waals surface area (Å²) in [7, 11) is 0. The average Bonchev–Trinajstić information content (AvgIpc) is 2.69. The van der Waals surface area contributed by atoms with Gasteiger partial charge in [0.05, 0.1) is 0 Å². The number of hydrogen-bond donors (Lipinski definition) is 0. The summed E-state index contributed by atoms with van der Waals surface area (Å²) in [5.41, 5.74) is 2.86. The van der Waals surface area contributed by atoms with Gasteiger partial charge in [-0.25, -0.2) is 0 Å². The van der Waals surface area contributed by atoms with Gasteiger partial charge in [0.25, 0.3) is 0 Å². The van der Waals surface area contributed by atoms with Crippen molar-refractivity contribution in [1.29, 1.82) is 0 Å². The van der Waals surface area contributed by atoms with Crippen molar-refractivity contribution in [3.8, 4) is 0 Å². The first-order chi connectivity index (χ1) is 5.14. The molecule has 3 atom stereocenters. The van der Waals surface area contributed by atoms with E-state index in [1.807, 2.05) is 0 Å². The highest BCUT2D eigenvalue weighted by molar-refractivity contribution is 5.44. The van der Waals surface area contributed by atoms with Crippen molar-refractivity contribution in [3.05, 3.63) is 12.2 Å². The minimum Gasteiger partial charge on any atom is -0.0990 e. The summed E-state index contributed by atoms with van der Waals surface area (Å²) in [5, 5.41) is 0. The Kier molecular flexibility index (Phi) is 1.16. The molecule has 0 amide bonds. The monoisotopic (exact) mass is 150 g/mol. The quantitative estimate of drug-likeness (QED) is 0.529. The highest BCUT2D eigenvalue weighted by Gasteiger charge is 2.77. The molecule has 0 aliphatic heterocycles. The molecule has 2 fully saturated rings. The summed E-state index contributed by atoms with van der Waals surface area (Å²) < 4.78 is 0. The van der Waals surface area contributed by atoms with Crippen LogP contribution in [0.1, 0.15) is 40.0 Å². The van der Waals surface area contributed by atoms with E-state index in [1.165, 1.54) is 19.3 Å². The molecule has 0 aromatic carbocycles. The van der Waals surface area contributed by atoms with E-state index >= 15 is 0 Å². The Morgan fingerprint density at radius 3 is 2.36 bits per heavy atom. The molecule has 62 valence electrons. The first-order valence-electron chi connectivity index (χ1n) is 4.84. The Morgan fingerprint density at radius 2 is 2.09 bits per heavy atom. The second-order valence-electron chi connectivity index (χ2n) is 4.37. The second-order valence-corrected chi connectivity index (χ2v) is 4.37. The topological polar surface area (TPSA) is 0 Å². The van der Waals surface area contributed by atoms with E-state index in [1.54, 1.807) is 5.57 Å². The van der Waals surface area contributed by atoms with E-state index in [0.29, 0.717) is 10.8 Å². The molecular weight excluding hydrogens is 132 g/mol. The van der Waals surface area contributed by atoms with Crippen LogP contribution in [0, 0.1) is 16.7 Å². The molecule has 11 heavy (non-hydrogen) atoms. The summed E-state index contributed by atoms with van der Waals surface area (Å²) in [6, 6.07) is 0. The maximum Gasteiger partial charge on any atom is -0.00225 e. The van der Waals surface area contributed by atoms with E-state index in [4.69, 9.17) is 0 Å². The van der Waals surface area contributed by atoms with Crippen LogP contribution in [0.3, 0.4) is 0 Å². The third-order valence-electron chi connectivity index (χ3n) is 4.65. The molecule has 2 aliphatic rings. The summed E-state index contributed by atoms with van der Waals surface area (Å²) >= 11 is 0. The van der Waals surface area contributed by atoms with Crippen molar-refractivity contribution >= 4 is 0 Å². The highest BCUT2D eigenvalue weighted by atomic mass is 14.8. The Bertz CT molecular complexity index is 216. The molecule has 3 unspecified atom stereocenters. The Hall–Kier alpha value is -0.260. The average molecular weight is 150 g/mol. The fourth-order valence-corrected chi connectivity index (χ4v) is 3.64. The van der Waals surface area contributed by atoms with E-state index in [0.717, 1.165) is 5.92 Å². The zero-order valence-electron chi connectivity index (χ0n) is 7.91. The Morgan fingerprint density at radius 1 is 1.45 bits per heavy atom. The van der Waals surface area contributed by atoms with Crippen LogP contribution >= 0.6 is 0 Å².